The van der Waals surface area contributed by atoms with Gasteiger partial charge in [-0.15, -0.1) is 0 Å². The van der Waals surface area contributed by atoms with Gasteiger partial charge in [0, 0.05) is 25.2 Å². The highest BCUT2D eigenvalue weighted by atomic mass is 16.6. The lowest BCUT2D eigenvalue weighted by atomic mass is 10.0. The molecule has 6 nitrogen and oxygen atoms in total. The molecule has 2 N–H and O–H groups in total. The van der Waals surface area contributed by atoms with Crippen LogP contribution >= 0.6 is 0 Å². The number of ether oxygens (including phenoxy) is 1. The molecule has 2 heterocycles. The van der Waals surface area contributed by atoms with E-state index in [1.54, 1.807) is 0 Å². The Kier molecular flexibility index (Phi) is 6.73. The van der Waals surface area contributed by atoms with E-state index in [0.29, 0.717) is 31.1 Å². The Morgan fingerprint density at radius 1 is 1.29 bits per heavy atom. The zero-order valence-electron chi connectivity index (χ0n) is 13.5. The molecule has 6 heteroatoms. The van der Waals surface area contributed by atoms with E-state index >= 15 is 0 Å². The summed E-state index contributed by atoms with van der Waals surface area (Å²) >= 11 is 0. The lowest BCUT2D eigenvalue weighted by molar-refractivity contribution is 0.0254. The predicted octanol–water partition coefficient (Wildman–Crippen LogP) is 0.870. The average Bonchev–Trinajstić information content (AvgIpc) is 2.48. The number of likely N-dealkylation sites (tertiary alicyclic amines) is 1. The maximum atomic E-state index is 5.94. The molecule has 0 amide bonds. The first-order valence-electron chi connectivity index (χ1n) is 8.17. The molecule has 2 aliphatic rings. The minimum absolute atomic E-state index is 0.471. The van der Waals surface area contributed by atoms with Gasteiger partial charge < -0.3 is 15.3 Å². The van der Waals surface area contributed by atoms with Gasteiger partial charge in [0.25, 0.3) is 0 Å². The van der Waals surface area contributed by atoms with Crippen molar-refractivity contribution in [3.63, 3.8) is 0 Å². The van der Waals surface area contributed by atoms with Crippen molar-refractivity contribution in [2.45, 2.75) is 45.2 Å². The van der Waals surface area contributed by atoms with E-state index in [-0.39, 0.29) is 0 Å². The first-order chi connectivity index (χ1) is 10.2. The maximum Gasteiger partial charge on any atom is 0.153 e. The van der Waals surface area contributed by atoms with Crippen LogP contribution < -0.4 is 5.73 Å². The van der Waals surface area contributed by atoms with Crippen molar-refractivity contribution in [3.8, 4) is 0 Å². The van der Waals surface area contributed by atoms with Crippen molar-refractivity contribution in [2.75, 3.05) is 46.0 Å². The zero-order valence-corrected chi connectivity index (χ0v) is 13.5. The standard InChI is InChI=1S/C15H30N4O2/c1-13(2)19-6-4-3-5-14(19)12-21-17-15(16)11-18-7-9-20-10-8-18/h13-14H,3-12H2,1-2H3,(H2,16,17)/t14-/m0/s1. The van der Waals surface area contributed by atoms with Crippen molar-refractivity contribution >= 4 is 5.84 Å². The molecule has 0 saturated carbocycles. The van der Waals surface area contributed by atoms with Crippen LogP contribution in [0, 0.1) is 0 Å². The third kappa shape index (κ3) is 5.45. The second-order valence-electron chi connectivity index (χ2n) is 6.25. The minimum Gasteiger partial charge on any atom is -0.393 e. The normalized spacial score (nSPS) is 26.2. The molecule has 0 aromatic rings. The molecule has 2 saturated heterocycles. The fourth-order valence-corrected chi connectivity index (χ4v) is 3.11. The number of morpholine rings is 1. The van der Waals surface area contributed by atoms with Crippen molar-refractivity contribution in [3.05, 3.63) is 0 Å². The highest BCUT2D eigenvalue weighted by molar-refractivity contribution is 5.81. The number of nitrogens with zero attached hydrogens (tertiary/aromatic N) is 3. The average molecular weight is 298 g/mol. The summed E-state index contributed by atoms with van der Waals surface area (Å²) in [7, 11) is 0. The van der Waals surface area contributed by atoms with Gasteiger partial charge in [0.15, 0.2) is 5.84 Å². The van der Waals surface area contributed by atoms with Crippen LogP contribution in [0.4, 0.5) is 0 Å². The van der Waals surface area contributed by atoms with Gasteiger partial charge in [-0.1, -0.05) is 11.6 Å². The molecule has 2 rings (SSSR count). The fourth-order valence-electron chi connectivity index (χ4n) is 3.11. The van der Waals surface area contributed by atoms with Gasteiger partial charge in [0.1, 0.15) is 6.61 Å². The highest BCUT2D eigenvalue weighted by Gasteiger charge is 2.25. The summed E-state index contributed by atoms with van der Waals surface area (Å²) in [5.41, 5.74) is 5.94. The van der Waals surface area contributed by atoms with E-state index < -0.39 is 0 Å². The highest BCUT2D eigenvalue weighted by Crippen LogP contribution is 2.19. The Bertz CT molecular complexity index is 330. The Morgan fingerprint density at radius 2 is 2.05 bits per heavy atom. The number of hydrogen-bond acceptors (Lipinski definition) is 5. The summed E-state index contributed by atoms with van der Waals surface area (Å²) in [5.74, 6) is 0.559. The van der Waals surface area contributed by atoms with Gasteiger partial charge in [0.2, 0.25) is 0 Å². The fraction of sp³-hybridized carbons (Fsp3) is 0.933. The Morgan fingerprint density at radius 3 is 2.76 bits per heavy atom. The van der Waals surface area contributed by atoms with E-state index in [9.17, 15) is 0 Å². The summed E-state index contributed by atoms with van der Waals surface area (Å²) in [6.07, 6.45) is 3.76. The number of hydrogen-bond donors (Lipinski definition) is 1. The van der Waals surface area contributed by atoms with Crippen molar-refractivity contribution in [2.24, 2.45) is 10.9 Å². The molecule has 0 radical (unpaired) electrons. The lowest BCUT2D eigenvalue weighted by Crippen LogP contribution is -2.46. The van der Waals surface area contributed by atoms with Gasteiger partial charge >= 0.3 is 0 Å². The van der Waals surface area contributed by atoms with Gasteiger partial charge in [0.05, 0.1) is 19.8 Å². The number of oxime groups is 1. The van der Waals surface area contributed by atoms with Crippen LogP contribution in [-0.2, 0) is 9.57 Å². The number of nitrogens with two attached hydrogens (primary N) is 1. The molecule has 0 spiro atoms. The molecule has 0 unspecified atom stereocenters. The predicted molar refractivity (Wildman–Crippen MR) is 84.3 cm³/mol. The molecule has 0 aromatic carbocycles. The first kappa shape index (κ1) is 16.5. The van der Waals surface area contributed by atoms with Crippen molar-refractivity contribution < 1.29 is 9.57 Å². The van der Waals surface area contributed by atoms with Crippen LogP contribution in [0.2, 0.25) is 0 Å². The lowest BCUT2D eigenvalue weighted by Gasteiger charge is -2.37. The van der Waals surface area contributed by atoms with Gasteiger partial charge in [-0.3, -0.25) is 9.80 Å². The van der Waals surface area contributed by atoms with Crippen LogP contribution in [-0.4, -0.2) is 73.7 Å². The summed E-state index contributed by atoms with van der Waals surface area (Å²) in [6, 6.07) is 1.03. The SMILES string of the molecule is CC(C)N1CCCC[C@H]1CON=C(N)CN1CCOCC1. The minimum atomic E-state index is 0.471. The van der Waals surface area contributed by atoms with Gasteiger partial charge in [-0.05, 0) is 33.2 Å². The summed E-state index contributed by atoms with van der Waals surface area (Å²) in [4.78, 5) is 10.3. The summed E-state index contributed by atoms with van der Waals surface area (Å²) < 4.78 is 5.32. The van der Waals surface area contributed by atoms with Gasteiger partial charge in [-0.2, -0.15) is 0 Å². The van der Waals surface area contributed by atoms with E-state index in [4.69, 9.17) is 15.3 Å². The Labute approximate surface area is 128 Å². The third-order valence-electron chi connectivity index (χ3n) is 4.27. The Balaban J connectivity index is 1.72. The second-order valence-corrected chi connectivity index (χ2v) is 6.25. The monoisotopic (exact) mass is 298 g/mol. The van der Waals surface area contributed by atoms with E-state index in [2.05, 4.69) is 28.8 Å². The van der Waals surface area contributed by atoms with Crippen molar-refractivity contribution in [1.29, 1.82) is 0 Å². The van der Waals surface area contributed by atoms with E-state index in [1.807, 2.05) is 0 Å². The molecular formula is C15H30N4O2. The molecular weight excluding hydrogens is 268 g/mol. The smallest absolute Gasteiger partial charge is 0.153 e. The van der Waals surface area contributed by atoms with Crippen LogP contribution in [0.25, 0.3) is 0 Å². The summed E-state index contributed by atoms with van der Waals surface area (Å²) in [6.45, 7) is 10.4. The number of amidine groups is 1. The summed E-state index contributed by atoms with van der Waals surface area (Å²) in [5, 5.41) is 4.09. The van der Waals surface area contributed by atoms with Gasteiger partial charge in [-0.25, -0.2) is 0 Å². The van der Waals surface area contributed by atoms with E-state index in [1.165, 1.54) is 25.8 Å². The van der Waals surface area contributed by atoms with Crippen LogP contribution in [0.3, 0.4) is 0 Å². The zero-order chi connectivity index (χ0) is 15.1. The largest absolute Gasteiger partial charge is 0.393 e. The molecule has 0 aliphatic carbocycles. The molecule has 2 aliphatic heterocycles. The quantitative estimate of drug-likeness (QED) is 0.448. The van der Waals surface area contributed by atoms with Crippen molar-refractivity contribution in [1.82, 2.24) is 9.80 Å². The topological polar surface area (TPSA) is 63.3 Å². The number of piperidine rings is 1. The molecule has 122 valence electrons. The van der Waals surface area contributed by atoms with Crippen LogP contribution in [0.5, 0.6) is 0 Å². The van der Waals surface area contributed by atoms with Crippen LogP contribution in [0.15, 0.2) is 5.16 Å². The number of rotatable bonds is 6. The maximum absolute atomic E-state index is 5.94. The third-order valence-corrected chi connectivity index (χ3v) is 4.27. The van der Waals surface area contributed by atoms with E-state index in [0.717, 1.165) is 26.3 Å². The molecule has 2 fully saturated rings. The molecule has 0 aromatic heterocycles. The Hall–Kier alpha value is -0.850. The molecule has 0 bridgehead atoms. The van der Waals surface area contributed by atoms with Crippen LogP contribution in [0.1, 0.15) is 33.1 Å². The first-order valence-corrected chi connectivity index (χ1v) is 8.17. The second kappa shape index (κ2) is 8.56. The molecule has 21 heavy (non-hydrogen) atoms. The molecule has 1 atom stereocenters.